The Hall–Kier alpha value is -1.30. The Kier molecular flexibility index (Phi) is 5.21. The molecular weight excluding hydrogens is 222 g/mol. The zero-order valence-corrected chi connectivity index (χ0v) is 10.4. The molecule has 1 aliphatic rings. The summed E-state index contributed by atoms with van der Waals surface area (Å²) in [6, 6.07) is 0.181. The monoisotopic (exact) mass is 243 g/mol. The number of carbonyl (C=O) groups is 1. The Balaban J connectivity index is 2.73. The number of nitrogens with two attached hydrogens (primary N) is 1. The maximum atomic E-state index is 12.1. The molecule has 1 fully saturated rings. The van der Waals surface area contributed by atoms with E-state index in [0.29, 0.717) is 0 Å². The molecule has 6 heteroatoms. The molecule has 1 saturated carbocycles. The van der Waals surface area contributed by atoms with Gasteiger partial charge in [0.25, 0.3) is 5.91 Å². The second kappa shape index (κ2) is 6.44. The molecule has 0 aromatic carbocycles. The number of oxime groups is 1. The van der Waals surface area contributed by atoms with Crippen molar-refractivity contribution in [1.82, 2.24) is 4.90 Å². The van der Waals surface area contributed by atoms with Crippen LogP contribution in [0.2, 0.25) is 0 Å². The molecule has 0 saturated heterocycles. The van der Waals surface area contributed by atoms with E-state index in [4.69, 9.17) is 15.7 Å². The van der Waals surface area contributed by atoms with Crippen LogP contribution >= 0.6 is 0 Å². The fourth-order valence-electron chi connectivity index (χ4n) is 2.14. The largest absolute Gasteiger partial charge is 0.409 e. The molecule has 0 aromatic rings. The lowest BCUT2D eigenvalue weighted by molar-refractivity contribution is -0.142. The minimum Gasteiger partial charge on any atom is -0.409 e. The normalized spacial score (nSPS) is 19.3. The average Bonchev–Trinajstić information content (AvgIpc) is 2.87. The molecule has 1 aliphatic carbocycles. The van der Waals surface area contributed by atoms with Gasteiger partial charge in [-0.25, -0.2) is 0 Å². The summed E-state index contributed by atoms with van der Waals surface area (Å²) in [5, 5.41) is 11.5. The summed E-state index contributed by atoms with van der Waals surface area (Å²) in [5.41, 5.74) is 5.49. The van der Waals surface area contributed by atoms with E-state index in [1.807, 2.05) is 0 Å². The van der Waals surface area contributed by atoms with E-state index in [9.17, 15) is 4.79 Å². The number of rotatable bonds is 5. The summed E-state index contributed by atoms with van der Waals surface area (Å²) < 4.78 is 5.03. The van der Waals surface area contributed by atoms with Crippen molar-refractivity contribution in [2.24, 2.45) is 10.9 Å². The number of carbonyl (C=O) groups excluding carboxylic acids is 1. The van der Waals surface area contributed by atoms with E-state index in [2.05, 4.69) is 5.16 Å². The van der Waals surface area contributed by atoms with E-state index in [-0.39, 0.29) is 24.3 Å². The van der Waals surface area contributed by atoms with Gasteiger partial charge in [-0.05, 0) is 19.8 Å². The van der Waals surface area contributed by atoms with Crippen LogP contribution in [0.1, 0.15) is 32.6 Å². The van der Waals surface area contributed by atoms with Gasteiger partial charge in [-0.15, -0.1) is 0 Å². The van der Waals surface area contributed by atoms with Crippen LogP contribution in [-0.2, 0) is 9.53 Å². The van der Waals surface area contributed by atoms with Crippen molar-refractivity contribution in [1.29, 1.82) is 0 Å². The standard InChI is InChI=1S/C11H21N3O3/c1-8(17-2)11(15)14(7-10(12)13-16)9-5-3-4-6-9/h8-9,16H,3-7H2,1-2H3,(H2,12,13). The summed E-state index contributed by atoms with van der Waals surface area (Å²) in [7, 11) is 1.50. The van der Waals surface area contributed by atoms with Gasteiger partial charge in [0.15, 0.2) is 5.84 Å². The van der Waals surface area contributed by atoms with Crippen molar-refractivity contribution in [2.45, 2.75) is 44.8 Å². The molecule has 0 bridgehead atoms. The third kappa shape index (κ3) is 3.59. The Labute approximate surface area is 101 Å². The number of hydrogen-bond donors (Lipinski definition) is 2. The molecule has 1 amide bonds. The Morgan fingerprint density at radius 2 is 2.18 bits per heavy atom. The average molecular weight is 243 g/mol. The van der Waals surface area contributed by atoms with Gasteiger partial charge in [-0.3, -0.25) is 4.79 Å². The Bertz CT molecular complexity index is 288. The van der Waals surface area contributed by atoms with Gasteiger partial charge in [0.1, 0.15) is 6.10 Å². The predicted molar refractivity (Wildman–Crippen MR) is 63.8 cm³/mol. The van der Waals surface area contributed by atoms with Gasteiger partial charge in [-0.2, -0.15) is 0 Å². The molecule has 0 spiro atoms. The molecule has 1 rings (SSSR count). The van der Waals surface area contributed by atoms with Crippen LogP contribution in [0.5, 0.6) is 0 Å². The number of methoxy groups -OCH3 is 1. The van der Waals surface area contributed by atoms with Crippen molar-refractivity contribution in [3.8, 4) is 0 Å². The molecule has 3 N–H and O–H groups in total. The predicted octanol–water partition coefficient (Wildman–Crippen LogP) is 0.539. The highest BCUT2D eigenvalue weighted by Gasteiger charge is 2.30. The zero-order valence-electron chi connectivity index (χ0n) is 10.4. The van der Waals surface area contributed by atoms with Gasteiger partial charge >= 0.3 is 0 Å². The number of hydrogen-bond acceptors (Lipinski definition) is 4. The van der Waals surface area contributed by atoms with Crippen molar-refractivity contribution in [2.75, 3.05) is 13.7 Å². The number of amides is 1. The van der Waals surface area contributed by atoms with Crippen LogP contribution in [0.3, 0.4) is 0 Å². The Morgan fingerprint density at radius 1 is 1.59 bits per heavy atom. The summed E-state index contributed by atoms with van der Waals surface area (Å²) in [4.78, 5) is 13.8. The lowest BCUT2D eigenvalue weighted by Gasteiger charge is -2.30. The topological polar surface area (TPSA) is 88.2 Å². The van der Waals surface area contributed by atoms with Gasteiger partial charge in [0.2, 0.25) is 0 Å². The maximum absolute atomic E-state index is 12.1. The van der Waals surface area contributed by atoms with Crippen LogP contribution in [0.25, 0.3) is 0 Å². The van der Waals surface area contributed by atoms with E-state index in [1.165, 1.54) is 7.11 Å². The third-order valence-corrected chi connectivity index (χ3v) is 3.21. The molecule has 0 radical (unpaired) electrons. The van der Waals surface area contributed by atoms with Crippen LogP contribution in [0.15, 0.2) is 5.16 Å². The summed E-state index contributed by atoms with van der Waals surface area (Å²) in [5.74, 6) is -0.0560. The third-order valence-electron chi connectivity index (χ3n) is 3.21. The molecule has 1 unspecified atom stereocenters. The van der Waals surface area contributed by atoms with Crippen molar-refractivity contribution in [3.05, 3.63) is 0 Å². The molecule has 0 aliphatic heterocycles. The van der Waals surface area contributed by atoms with Crippen LogP contribution < -0.4 is 5.73 Å². The molecular formula is C11H21N3O3. The fraction of sp³-hybridized carbons (Fsp3) is 0.818. The zero-order chi connectivity index (χ0) is 12.8. The molecule has 17 heavy (non-hydrogen) atoms. The first kappa shape index (κ1) is 13.8. The number of nitrogens with zero attached hydrogens (tertiary/aromatic N) is 2. The number of ether oxygens (including phenoxy) is 1. The highest BCUT2D eigenvalue weighted by atomic mass is 16.5. The quantitative estimate of drug-likeness (QED) is 0.319. The minimum atomic E-state index is -0.498. The second-order valence-electron chi connectivity index (χ2n) is 4.37. The summed E-state index contributed by atoms with van der Waals surface area (Å²) in [6.45, 7) is 1.87. The molecule has 1 atom stereocenters. The fourth-order valence-corrected chi connectivity index (χ4v) is 2.14. The molecule has 0 heterocycles. The van der Waals surface area contributed by atoms with Crippen molar-refractivity contribution >= 4 is 11.7 Å². The summed E-state index contributed by atoms with van der Waals surface area (Å²) in [6.07, 6.45) is 3.68. The first-order valence-corrected chi connectivity index (χ1v) is 5.89. The van der Waals surface area contributed by atoms with E-state index >= 15 is 0 Å². The van der Waals surface area contributed by atoms with Gasteiger partial charge in [0, 0.05) is 13.2 Å². The lowest BCUT2D eigenvalue weighted by Crippen LogP contribution is -2.48. The first-order chi connectivity index (χ1) is 8.10. The van der Waals surface area contributed by atoms with Crippen molar-refractivity contribution < 1.29 is 14.7 Å². The van der Waals surface area contributed by atoms with Crippen LogP contribution in [0.4, 0.5) is 0 Å². The summed E-state index contributed by atoms with van der Waals surface area (Å²) >= 11 is 0. The minimum absolute atomic E-state index is 0.0496. The molecule has 6 nitrogen and oxygen atoms in total. The lowest BCUT2D eigenvalue weighted by atomic mass is 10.2. The highest BCUT2D eigenvalue weighted by Crippen LogP contribution is 2.24. The van der Waals surface area contributed by atoms with E-state index in [1.54, 1.807) is 11.8 Å². The van der Waals surface area contributed by atoms with Gasteiger partial charge < -0.3 is 20.6 Å². The van der Waals surface area contributed by atoms with Crippen LogP contribution in [-0.4, -0.2) is 47.7 Å². The van der Waals surface area contributed by atoms with E-state index in [0.717, 1.165) is 25.7 Å². The molecule has 98 valence electrons. The Morgan fingerprint density at radius 3 is 2.65 bits per heavy atom. The smallest absolute Gasteiger partial charge is 0.252 e. The first-order valence-electron chi connectivity index (χ1n) is 5.89. The highest BCUT2D eigenvalue weighted by molar-refractivity contribution is 5.88. The van der Waals surface area contributed by atoms with Gasteiger partial charge in [-0.1, -0.05) is 18.0 Å². The molecule has 0 aromatic heterocycles. The second-order valence-corrected chi connectivity index (χ2v) is 4.37. The van der Waals surface area contributed by atoms with Crippen LogP contribution in [0, 0.1) is 0 Å². The van der Waals surface area contributed by atoms with Gasteiger partial charge in [0.05, 0.1) is 6.54 Å². The number of amidine groups is 1. The maximum Gasteiger partial charge on any atom is 0.252 e. The van der Waals surface area contributed by atoms with E-state index < -0.39 is 6.10 Å². The van der Waals surface area contributed by atoms with Crippen molar-refractivity contribution in [3.63, 3.8) is 0 Å². The SMILES string of the molecule is COC(C)C(=O)N(CC(N)=NO)C1CCCC1.